The molecule has 4 atom stereocenters. The fourth-order valence-electron chi connectivity index (χ4n) is 5.76. The van der Waals surface area contributed by atoms with E-state index in [2.05, 4.69) is 4.72 Å². The van der Waals surface area contributed by atoms with Crippen LogP contribution in [0.3, 0.4) is 0 Å². The van der Waals surface area contributed by atoms with Crippen LogP contribution in [-0.2, 0) is 27.5 Å². The molecule has 0 spiro atoms. The van der Waals surface area contributed by atoms with Gasteiger partial charge in [-0.1, -0.05) is 19.1 Å². The molecule has 3 aromatic carbocycles. The van der Waals surface area contributed by atoms with Crippen molar-refractivity contribution in [2.24, 2.45) is 5.92 Å². The molecular formula is C36H45F4N3O6S. The molecule has 1 aliphatic heterocycles. The SMILES string of the molecule is C[C@@H]1CCCCO[C@H](CN(C)Cc2ccc(C(F)(F)F)cc2)[C@H](C)CN([C@H](C)CO)C(=O)c2cc(NS(=O)(=O)c3ccc(F)cc3)ccc2O1. The fraction of sp³-hybridized carbons (Fsp3) is 0.472. The number of carbonyl (C=O) groups is 1. The lowest BCUT2D eigenvalue weighted by atomic mass is 10.0. The lowest BCUT2D eigenvalue weighted by Gasteiger charge is -2.36. The Hall–Kier alpha value is -3.72. The van der Waals surface area contributed by atoms with Crippen molar-refractivity contribution in [3.05, 3.63) is 89.2 Å². The minimum Gasteiger partial charge on any atom is -0.490 e. The first-order chi connectivity index (χ1) is 23.6. The number of benzene rings is 3. The number of amides is 1. The molecule has 4 rings (SSSR count). The van der Waals surface area contributed by atoms with E-state index in [1.807, 2.05) is 25.8 Å². The maximum absolute atomic E-state index is 14.3. The number of sulfonamides is 1. The molecule has 1 amide bonds. The minimum absolute atomic E-state index is 0.0922. The van der Waals surface area contributed by atoms with Crippen molar-refractivity contribution < 1.29 is 45.4 Å². The van der Waals surface area contributed by atoms with Gasteiger partial charge in [0, 0.05) is 37.8 Å². The Labute approximate surface area is 291 Å². The van der Waals surface area contributed by atoms with Crippen LogP contribution >= 0.6 is 0 Å². The summed E-state index contributed by atoms with van der Waals surface area (Å²) in [5.41, 5.74) is 0.178. The van der Waals surface area contributed by atoms with E-state index in [-0.39, 0.29) is 53.2 Å². The molecule has 0 saturated carbocycles. The van der Waals surface area contributed by atoms with Gasteiger partial charge in [0.2, 0.25) is 0 Å². The smallest absolute Gasteiger partial charge is 0.416 e. The summed E-state index contributed by atoms with van der Waals surface area (Å²) < 4.78 is 93.8. The van der Waals surface area contributed by atoms with Crippen molar-refractivity contribution in [3.8, 4) is 5.75 Å². The molecular weight excluding hydrogens is 678 g/mol. The third-order valence-electron chi connectivity index (χ3n) is 8.65. The highest BCUT2D eigenvalue weighted by Gasteiger charge is 2.32. The van der Waals surface area contributed by atoms with Crippen LogP contribution in [0.1, 0.15) is 61.5 Å². The van der Waals surface area contributed by atoms with Crippen LogP contribution in [0.15, 0.2) is 71.6 Å². The first-order valence-corrected chi connectivity index (χ1v) is 18.0. The molecule has 14 heteroatoms. The molecule has 0 aliphatic carbocycles. The minimum atomic E-state index is -4.42. The molecule has 9 nitrogen and oxygen atoms in total. The van der Waals surface area contributed by atoms with Gasteiger partial charge < -0.3 is 19.5 Å². The summed E-state index contributed by atoms with van der Waals surface area (Å²) in [5.74, 6) is -1.07. The second kappa shape index (κ2) is 17.0. The van der Waals surface area contributed by atoms with Crippen molar-refractivity contribution in [3.63, 3.8) is 0 Å². The van der Waals surface area contributed by atoms with E-state index >= 15 is 0 Å². The van der Waals surface area contributed by atoms with E-state index < -0.39 is 39.5 Å². The molecule has 0 aromatic heterocycles. The first kappa shape index (κ1) is 39.1. The third kappa shape index (κ3) is 10.6. The van der Waals surface area contributed by atoms with Gasteiger partial charge in [-0.05, 0) is 100 Å². The highest BCUT2D eigenvalue weighted by Crippen LogP contribution is 2.31. The van der Waals surface area contributed by atoms with Crippen LogP contribution in [-0.4, -0.2) is 80.8 Å². The summed E-state index contributed by atoms with van der Waals surface area (Å²) in [6.45, 7) is 6.57. The molecule has 0 bridgehead atoms. The van der Waals surface area contributed by atoms with E-state index in [4.69, 9.17) is 9.47 Å². The van der Waals surface area contributed by atoms with Crippen LogP contribution in [0.4, 0.5) is 23.2 Å². The first-order valence-electron chi connectivity index (χ1n) is 16.5. The molecule has 0 radical (unpaired) electrons. The van der Waals surface area contributed by atoms with Gasteiger partial charge in [-0.2, -0.15) is 13.2 Å². The number of hydrogen-bond acceptors (Lipinski definition) is 7. The zero-order chi connectivity index (χ0) is 36.6. The van der Waals surface area contributed by atoms with Gasteiger partial charge in [-0.15, -0.1) is 0 Å². The zero-order valence-electron chi connectivity index (χ0n) is 28.6. The molecule has 0 unspecified atom stereocenters. The van der Waals surface area contributed by atoms with Gasteiger partial charge in [0.25, 0.3) is 15.9 Å². The maximum Gasteiger partial charge on any atom is 0.416 e. The Bertz CT molecular complexity index is 1670. The fourth-order valence-corrected chi connectivity index (χ4v) is 6.81. The largest absolute Gasteiger partial charge is 0.490 e. The number of likely N-dealkylation sites (N-methyl/N-ethyl adjacent to an activating group) is 1. The number of hydrogen-bond donors (Lipinski definition) is 2. The number of nitrogens with zero attached hydrogens (tertiary/aromatic N) is 2. The van der Waals surface area contributed by atoms with Gasteiger partial charge in [0.15, 0.2) is 0 Å². The number of halogens is 4. The predicted molar refractivity (Wildman–Crippen MR) is 182 cm³/mol. The Balaban J connectivity index is 1.61. The summed E-state index contributed by atoms with van der Waals surface area (Å²) >= 11 is 0. The van der Waals surface area contributed by atoms with E-state index in [1.165, 1.54) is 35.2 Å². The third-order valence-corrected chi connectivity index (χ3v) is 10.1. The summed E-state index contributed by atoms with van der Waals surface area (Å²) in [6, 6.07) is 13.2. The van der Waals surface area contributed by atoms with Crippen LogP contribution in [0.2, 0.25) is 0 Å². The molecule has 0 saturated heterocycles. The van der Waals surface area contributed by atoms with Crippen molar-refractivity contribution in [1.29, 1.82) is 0 Å². The number of fused-ring (bicyclic) bond motifs is 1. The summed E-state index contributed by atoms with van der Waals surface area (Å²) in [6.07, 6.45) is -2.91. The predicted octanol–water partition coefficient (Wildman–Crippen LogP) is 6.57. The van der Waals surface area contributed by atoms with E-state index in [0.29, 0.717) is 31.7 Å². The van der Waals surface area contributed by atoms with Crippen molar-refractivity contribution >= 4 is 21.6 Å². The van der Waals surface area contributed by atoms with Crippen molar-refractivity contribution in [2.75, 3.05) is 38.1 Å². The summed E-state index contributed by atoms with van der Waals surface area (Å²) in [5, 5.41) is 10.2. The number of rotatable bonds is 9. The number of aliphatic hydroxyl groups excluding tert-OH is 1. The Morgan fingerprint density at radius 1 is 1.04 bits per heavy atom. The molecule has 50 heavy (non-hydrogen) atoms. The number of anilines is 1. The number of carbonyl (C=O) groups excluding carboxylic acids is 1. The van der Waals surface area contributed by atoms with Gasteiger partial charge in [-0.25, -0.2) is 12.8 Å². The van der Waals surface area contributed by atoms with E-state index in [9.17, 15) is 35.9 Å². The molecule has 3 aromatic rings. The average Bonchev–Trinajstić information content (AvgIpc) is 3.06. The molecule has 2 N–H and O–H groups in total. The lowest BCUT2D eigenvalue weighted by molar-refractivity contribution is -0.137. The van der Waals surface area contributed by atoms with Gasteiger partial charge in [0.1, 0.15) is 11.6 Å². The molecule has 1 aliphatic rings. The van der Waals surface area contributed by atoms with Crippen molar-refractivity contribution in [2.45, 2.75) is 75.9 Å². The van der Waals surface area contributed by atoms with E-state index in [0.717, 1.165) is 49.2 Å². The van der Waals surface area contributed by atoms with Crippen LogP contribution in [0, 0.1) is 11.7 Å². The average molecular weight is 724 g/mol. The molecule has 1 heterocycles. The summed E-state index contributed by atoms with van der Waals surface area (Å²) in [4.78, 5) is 17.6. The quantitative estimate of drug-likeness (QED) is 0.241. The summed E-state index contributed by atoms with van der Waals surface area (Å²) in [7, 11) is -2.27. The van der Waals surface area contributed by atoms with E-state index in [1.54, 1.807) is 6.92 Å². The lowest BCUT2D eigenvalue weighted by Crippen LogP contribution is -2.47. The Morgan fingerprint density at radius 3 is 2.36 bits per heavy atom. The van der Waals surface area contributed by atoms with Gasteiger partial charge in [0.05, 0.1) is 40.9 Å². The zero-order valence-corrected chi connectivity index (χ0v) is 29.4. The number of alkyl halides is 3. The van der Waals surface area contributed by atoms with Gasteiger partial charge in [-0.3, -0.25) is 14.4 Å². The maximum atomic E-state index is 14.3. The number of ether oxygens (including phenoxy) is 2. The van der Waals surface area contributed by atoms with Crippen molar-refractivity contribution in [1.82, 2.24) is 9.80 Å². The Morgan fingerprint density at radius 2 is 1.72 bits per heavy atom. The highest BCUT2D eigenvalue weighted by molar-refractivity contribution is 7.92. The standard InChI is InChI=1S/C36H45F4N3O6S/c1-24-20-43(25(2)23-44)35(45)32-19-30(41-50(46,47)31-15-12-29(37)13-16-31)14-17-33(32)49-26(3)7-5-6-18-48-34(24)22-42(4)21-27-8-10-28(11-9-27)36(38,39)40/h8-17,19,24-26,34,41,44H,5-7,18,20-23H2,1-4H3/t24-,25-,26-,34-/m1/s1. The second-order valence-electron chi connectivity index (χ2n) is 13.0. The van der Waals surface area contributed by atoms with Gasteiger partial charge >= 0.3 is 6.18 Å². The van der Waals surface area contributed by atoms with Crippen LogP contribution in [0.5, 0.6) is 5.75 Å². The number of nitrogens with one attached hydrogen (secondary N) is 1. The molecule has 0 fully saturated rings. The monoisotopic (exact) mass is 723 g/mol. The Kier molecular flexibility index (Phi) is 13.3. The topological polar surface area (TPSA) is 108 Å². The van der Waals surface area contributed by atoms with Crippen LogP contribution in [0.25, 0.3) is 0 Å². The normalized spacial score (nSPS) is 20.5. The number of aliphatic hydroxyl groups is 1. The highest BCUT2D eigenvalue weighted by atomic mass is 32.2. The molecule has 274 valence electrons. The van der Waals surface area contributed by atoms with Crippen LogP contribution < -0.4 is 9.46 Å². The second-order valence-corrected chi connectivity index (χ2v) is 14.6.